The van der Waals surface area contributed by atoms with Crippen LogP contribution in [0.15, 0.2) is 53.4 Å². The number of nitrogens with zero attached hydrogens (tertiary/aromatic N) is 1. The molecule has 0 radical (unpaired) electrons. The summed E-state index contributed by atoms with van der Waals surface area (Å²) in [6, 6.07) is 11.5. The van der Waals surface area contributed by atoms with Crippen molar-refractivity contribution in [2.24, 2.45) is 5.92 Å². The molecule has 1 saturated heterocycles. The number of piperidine rings is 1. The summed E-state index contributed by atoms with van der Waals surface area (Å²) in [5.74, 6) is -2.62. The number of thioether (sulfide) groups is 1. The molecular formula is C27H29Cl2N3O5S. The number of aliphatic carboxylic acids is 1. The van der Waals surface area contributed by atoms with Crippen molar-refractivity contribution in [2.75, 3.05) is 25.9 Å². The second kappa shape index (κ2) is 14.2. The van der Waals surface area contributed by atoms with Gasteiger partial charge < -0.3 is 20.6 Å². The standard InChI is InChI=1S/C27H29Cl2N3O5S/c1-38-21-9-7-18(24(28)25(21)29)8-10-23(34)32-13-11-19(12-14-32)26(35)31-20(27(36)37)16-30-22(33)15-17-5-3-2-4-6-17/h2-10,19-20H,11-16H2,1H3,(H,30,33)(H,31,35)(H,36,37)/b10-8+/t20-/m0/s1. The molecule has 3 amide bonds. The first-order valence-electron chi connectivity index (χ1n) is 12.0. The van der Waals surface area contributed by atoms with E-state index in [1.54, 1.807) is 29.2 Å². The van der Waals surface area contributed by atoms with E-state index in [1.165, 1.54) is 17.8 Å². The molecule has 0 unspecified atom stereocenters. The number of carboxylic acids is 1. The maximum Gasteiger partial charge on any atom is 0.328 e. The van der Waals surface area contributed by atoms with Gasteiger partial charge >= 0.3 is 5.97 Å². The number of nitrogens with one attached hydrogen (secondary N) is 2. The normalized spacial score (nSPS) is 14.8. The van der Waals surface area contributed by atoms with Gasteiger partial charge in [-0.05, 0) is 42.4 Å². The van der Waals surface area contributed by atoms with E-state index in [0.717, 1.165) is 10.5 Å². The first-order valence-corrected chi connectivity index (χ1v) is 14.0. The van der Waals surface area contributed by atoms with Gasteiger partial charge in [0.05, 0.1) is 16.5 Å². The van der Waals surface area contributed by atoms with Gasteiger partial charge in [-0.3, -0.25) is 14.4 Å². The third-order valence-corrected chi connectivity index (χ3v) is 7.99. The molecule has 1 fully saturated rings. The Morgan fingerprint density at radius 2 is 1.76 bits per heavy atom. The summed E-state index contributed by atoms with van der Waals surface area (Å²) in [4.78, 5) is 51.7. The average molecular weight is 579 g/mol. The minimum atomic E-state index is -1.25. The molecule has 8 nitrogen and oxygen atoms in total. The Labute approximate surface area is 235 Å². The lowest BCUT2D eigenvalue weighted by Gasteiger charge is -2.31. The van der Waals surface area contributed by atoms with E-state index < -0.39 is 23.8 Å². The molecule has 2 aromatic carbocycles. The smallest absolute Gasteiger partial charge is 0.328 e. The highest BCUT2D eigenvalue weighted by Crippen LogP contribution is 2.35. The van der Waals surface area contributed by atoms with Gasteiger partial charge in [0.2, 0.25) is 17.7 Å². The SMILES string of the molecule is CSc1ccc(/C=C/C(=O)N2CCC(C(=O)N[C@@H](CNC(=O)Cc3ccccc3)C(=O)O)CC2)c(Cl)c1Cl. The lowest BCUT2D eigenvalue weighted by Crippen LogP contribution is -2.51. The fraction of sp³-hybridized carbons (Fsp3) is 0.333. The first-order chi connectivity index (χ1) is 18.2. The van der Waals surface area contributed by atoms with Crippen molar-refractivity contribution in [1.82, 2.24) is 15.5 Å². The van der Waals surface area contributed by atoms with Crippen molar-refractivity contribution >= 4 is 64.7 Å². The van der Waals surface area contributed by atoms with Gasteiger partial charge in [-0.25, -0.2) is 4.79 Å². The van der Waals surface area contributed by atoms with Gasteiger partial charge in [-0.1, -0.05) is 59.6 Å². The number of likely N-dealkylation sites (tertiary alicyclic amines) is 1. The summed E-state index contributed by atoms with van der Waals surface area (Å²) < 4.78 is 0. The van der Waals surface area contributed by atoms with Crippen LogP contribution in [0.2, 0.25) is 10.0 Å². The molecule has 1 atom stereocenters. The third kappa shape index (κ3) is 8.24. The van der Waals surface area contributed by atoms with Crippen LogP contribution in [-0.4, -0.2) is 65.6 Å². The van der Waals surface area contributed by atoms with Crippen molar-refractivity contribution in [1.29, 1.82) is 0 Å². The predicted octanol–water partition coefficient (Wildman–Crippen LogP) is 3.90. The largest absolute Gasteiger partial charge is 0.480 e. The number of carbonyl (C=O) groups excluding carboxylic acids is 3. The number of carboxylic acid groups (broad SMARTS) is 1. The highest BCUT2D eigenvalue weighted by atomic mass is 35.5. The Morgan fingerprint density at radius 3 is 2.39 bits per heavy atom. The van der Waals surface area contributed by atoms with Crippen LogP contribution in [0.1, 0.15) is 24.0 Å². The van der Waals surface area contributed by atoms with E-state index in [9.17, 15) is 24.3 Å². The molecule has 38 heavy (non-hydrogen) atoms. The maximum atomic E-state index is 12.7. The average Bonchev–Trinajstić information content (AvgIpc) is 2.92. The number of carbonyl (C=O) groups is 4. The Kier molecular flexibility index (Phi) is 11.1. The zero-order valence-electron chi connectivity index (χ0n) is 20.8. The Balaban J connectivity index is 1.47. The monoisotopic (exact) mass is 577 g/mol. The van der Waals surface area contributed by atoms with Gasteiger partial charge in [0.15, 0.2) is 0 Å². The molecule has 0 aromatic heterocycles. The molecule has 0 saturated carbocycles. The van der Waals surface area contributed by atoms with Crippen LogP contribution < -0.4 is 10.6 Å². The van der Waals surface area contributed by atoms with E-state index in [1.807, 2.05) is 30.5 Å². The fourth-order valence-corrected chi connectivity index (χ4v) is 5.18. The second-order valence-corrected chi connectivity index (χ2v) is 10.4. The highest BCUT2D eigenvalue weighted by Gasteiger charge is 2.30. The molecule has 1 aliphatic heterocycles. The van der Waals surface area contributed by atoms with Crippen molar-refractivity contribution in [3.8, 4) is 0 Å². The Morgan fingerprint density at radius 1 is 1.08 bits per heavy atom. The van der Waals surface area contributed by atoms with Gasteiger partial charge in [-0.2, -0.15) is 0 Å². The van der Waals surface area contributed by atoms with E-state index in [4.69, 9.17) is 23.2 Å². The molecule has 0 bridgehead atoms. The summed E-state index contributed by atoms with van der Waals surface area (Å²) in [5, 5.41) is 15.4. The predicted molar refractivity (Wildman–Crippen MR) is 149 cm³/mol. The van der Waals surface area contributed by atoms with Gasteiger partial charge in [0.25, 0.3) is 0 Å². The second-order valence-electron chi connectivity index (χ2n) is 8.78. The minimum absolute atomic E-state index is 0.115. The summed E-state index contributed by atoms with van der Waals surface area (Å²) in [5.41, 5.74) is 1.44. The van der Waals surface area contributed by atoms with E-state index in [2.05, 4.69) is 10.6 Å². The van der Waals surface area contributed by atoms with E-state index in [0.29, 0.717) is 41.5 Å². The summed E-state index contributed by atoms with van der Waals surface area (Å²) >= 11 is 14.0. The van der Waals surface area contributed by atoms with Crippen molar-refractivity contribution < 1.29 is 24.3 Å². The summed E-state index contributed by atoms with van der Waals surface area (Å²) in [7, 11) is 0. The molecule has 3 rings (SSSR count). The Bertz CT molecular complexity index is 1200. The van der Waals surface area contributed by atoms with Crippen LogP contribution in [0.25, 0.3) is 6.08 Å². The number of halogens is 2. The molecule has 0 spiro atoms. The number of rotatable bonds is 10. The number of hydrogen-bond acceptors (Lipinski definition) is 5. The van der Waals surface area contributed by atoms with E-state index in [-0.39, 0.29) is 24.8 Å². The molecule has 202 valence electrons. The van der Waals surface area contributed by atoms with Crippen LogP contribution in [-0.2, 0) is 25.6 Å². The van der Waals surface area contributed by atoms with Gasteiger partial charge in [-0.15, -0.1) is 11.8 Å². The zero-order chi connectivity index (χ0) is 27.7. The van der Waals surface area contributed by atoms with Crippen molar-refractivity contribution in [3.63, 3.8) is 0 Å². The first kappa shape index (κ1) is 29.5. The van der Waals surface area contributed by atoms with Gasteiger partial charge in [0.1, 0.15) is 6.04 Å². The molecule has 11 heteroatoms. The Hall–Kier alpha value is -3.01. The van der Waals surface area contributed by atoms with Crippen LogP contribution in [0, 0.1) is 5.92 Å². The van der Waals surface area contributed by atoms with Crippen LogP contribution in [0.4, 0.5) is 0 Å². The van der Waals surface area contributed by atoms with Crippen molar-refractivity contribution in [2.45, 2.75) is 30.2 Å². The van der Waals surface area contributed by atoms with Crippen molar-refractivity contribution in [3.05, 3.63) is 69.7 Å². The third-order valence-electron chi connectivity index (χ3n) is 6.20. The van der Waals surface area contributed by atoms with E-state index >= 15 is 0 Å². The lowest BCUT2D eigenvalue weighted by molar-refractivity contribution is -0.142. The minimum Gasteiger partial charge on any atom is -0.480 e. The number of hydrogen-bond donors (Lipinski definition) is 3. The maximum absolute atomic E-state index is 12.7. The zero-order valence-corrected chi connectivity index (χ0v) is 23.1. The van der Waals surface area contributed by atoms with Crippen LogP contribution >= 0.6 is 35.0 Å². The molecular weight excluding hydrogens is 549 g/mol. The van der Waals surface area contributed by atoms with Crippen LogP contribution in [0.5, 0.6) is 0 Å². The molecule has 0 aliphatic carbocycles. The number of amides is 3. The number of benzene rings is 2. The molecule has 3 N–H and O–H groups in total. The molecule has 1 aliphatic rings. The molecule has 1 heterocycles. The molecule has 2 aromatic rings. The lowest BCUT2D eigenvalue weighted by atomic mass is 9.95. The van der Waals surface area contributed by atoms with Gasteiger partial charge in [0, 0.05) is 36.5 Å². The van der Waals surface area contributed by atoms with Crippen LogP contribution in [0.3, 0.4) is 0 Å². The topological polar surface area (TPSA) is 116 Å². The quantitative estimate of drug-likeness (QED) is 0.291. The highest BCUT2D eigenvalue weighted by molar-refractivity contribution is 7.98. The summed E-state index contributed by atoms with van der Waals surface area (Å²) in [6.45, 7) is 0.485. The fourth-order valence-electron chi connectivity index (χ4n) is 4.01. The summed E-state index contributed by atoms with van der Waals surface area (Å²) in [6.07, 6.45) is 5.84.